The number of nitrogens with zero attached hydrogens (tertiary/aromatic N) is 7. The maximum Gasteiger partial charge on any atom is 0.267 e. The zero-order valence-corrected chi connectivity index (χ0v) is 26.2. The van der Waals surface area contributed by atoms with Crippen molar-refractivity contribution in [3.8, 4) is 17.5 Å². The summed E-state index contributed by atoms with van der Waals surface area (Å²) in [7, 11) is 3.49. The average molecular weight is 623 g/mol. The molecule has 0 aliphatic heterocycles. The molecule has 1 amide bonds. The molecule has 1 atom stereocenters. The summed E-state index contributed by atoms with van der Waals surface area (Å²) in [5.41, 5.74) is 19.4. The number of anilines is 1. The van der Waals surface area contributed by atoms with Crippen LogP contribution in [0.3, 0.4) is 0 Å². The number of para-hydroxylation sites is 1. The maximum absolute atomic E-state index is 13.6. The summed E-state index contributed by atoms with van der Waals surface area (Å²) in [4.78, 5) is 33.3. The summed E-state index contributed by atoms with van der Waals surface area (Å²) in [5.74, 6) is 6.84. The Morgan fingerprint density at radius 1 is 1.11 bits per heavy atom. The van der Waals surface area contributed by atoms with Crippen molar-refractivity contribution in [2.45, 2.75) is 30.7 Å². The molecule has 0 aliphatic rings. The van der Waals surface area contributed by atoms with Gasteiger partial charge in [0.25, 0.3) is 11.5 Å². The summed E-state index contributed by atoms with van der Waals surface area (Å²) in [5, 5.41) is 9.46. The number of nitrogens with two attached hydrogens (primary N) is 3. The van der Waals surface area contributed by atoms with E-state index in [-0.39, 0.29) is 22.3 Å². The van der Waals surface area contributed by atoms with Gasteiger partial charge in [-0.15, -0.1) is 0 Å². The fourth-order valence-electron chi connectivity index (χ4n) is 4.47. The Labute approximate surface area is 264 Å². The van der Waals surface area contributed by atoms with E-state index in [0.29, 0.717) is 28.7 Å². The number of hydrogen-bond acceptors (Lipinski definition) is 9. The second kappa shape index (κ2) is 14.3. The molecule has 5 aromatic rings. The minimum absolute atomic E-state index is 0.0798. The molecule has 3 aromatic heterocycles. The van der Waals surface area contributed by atoms with Crippen LogP contribution < -0.4 is 22.8 Å². The van der Waals surface area contributed by atoms with Crippen molar-refractivity contribution >= 4 is 46.4 Å². The summed E-state index contributed by atoms with van der Waals surface area (Å²) >= 11 is 1.50. The molecule has 0 aliphatic carbocycles. The quantitative estimate of drug-likeness (QED) is 0.107. The highest BCUT2D eigenvalue weighted by molar-refractivity contribution is 7.99. The van der Waals surface area contributed by atoms with E-state index in [9.17, 15) is 9.59 Å². The number of carbonyl (C=O) groups is 1. The van der Waals surface area contributed by atoms with Crippen LogP contribution in [0.1, 0.15) is 41.2 Å². The Morgan fingerprint density at radius 3 is 2.47 bits per heavy atom. The zero-order chi connectivity index (χ0) is 32.7. The predicted octanol–water partition coefficient (Wildman–Crippen LogP) is 3.47. The van der Waals surface area contributed by atoms with Gasteiger partial charge in [-0.1, -0.05) is 67.4 Å². The van der Waals surface area contributed by atoms with Gasteiger partial charge in [0, 0.05) is 32.3 Å². The van der Waals surface area contributed by atoms with Gasteiger partial charge in [0.05, 0.1) is 33.7 Å². The molecule has 5 rings (SSSR count). The Morgan fingerprint density at radius 2 is 1.82 bits per heavy atom. The molecular weight excluding hydrogens is 588 g/mol. The molecule has 230 valence electrons. The number of aryl methyl sites for hydroxylation is 3. The third-order valence-electron chi connectivity index (χ3n) is 6.40. The molecule has 0 saturated carbocycles. The van der Waals surface area contributed by atoms with Crippen LogP contribution in [0.5, 0.6) is 0 Å². The standard InChI is InChI=1S/C24H23N5OS.C8H11N5O/c1-4-21-27-20-12-8-9-17(13-14-18-15-26-28(3)24(18)31-16(2)25)22(20)23(30)29(21)19-10-6-5-7-11-19;1-3-4-11-8-5(7(10)14)6(9)12-13(8)2/h5-12,15-16H,4,25H2,1-3H3;3-4H,1H2,2H3,(H2,9,12)(H2,10,14)/b;11-4-. The molecule has 0 radical (unpaired) electrons. The lowest BCUT2D eigenvalue weighted by molar-refractivity contribution is 0.100. The number of amides is 1. The van der Waals surface area contributed by atoms with Crippen LogP contribution in [0.2, 0.25) is 0 Å². The first kappa shape index (κ1) is 32.5. The van der Waals surface area contributed by atoms with Gasteiger partial charge in [-0.05, 0) is 31.2 Å². The molecule has 0 spiro atoms. The lowest BCUT2D eigenvalue weighted by Crippen LogP contribution is -2.24. The van der Waals surface area contributed by atoms with Crippen molar-refractivity contribution in [3.05, 3.63) is 100 Å². The van der Waals surface area contributed by atoms with E-state index in [4.69, 9.17) is 22.2 Å². The monoisotopic (exact) mass is 622 g/mol. The number of allylic oxidation sites excluding steroid dienone is 1. The van der Waals surface area contributed by atoms with Gasteiger partial charge in [-0.3, -0.25) is 18.8 Å². The number of nitrogen functional groups attached to an aromatic ring is 1. The molecule has 1 unspecified atom stereocenters. The number of benzene rings is 2. The van der Waals surface area contributed by atoms with Gasteiger partial charge in [0.1, 0.15) is 16.4 Å². The van der Waals surface area contributed by atoms with E-state index in [0.717, 1.165) is 22.1 Å². The Kier molecular flexibility index (Phi) is 10.4. The number of aromatic nitrogens is 6. The van der Waals surface area contributed by atoms with Gasteiger partial charge in [0.15, 0.2) is 11.6 Å². The molecule has 12 nitrogen and oxygen atoms in total. The number of aliphatic imine (C=N–C) groups is 1. The van der Waals surface area contributed by atoms with Crippen LogP contribution in [0.4, 0.5) is 11.6 Å². The van der Waals surface area contributed by atoms with Crippen molar-refractivity contribution in [2.24, 2.45) is 30.6 Å². The van der Waals surface area contributed by atoms with Crippen LogP contribution in [0.15, 0.2) is 82.2 Å². The van der Waals surface area contributed by atoms with Crippen LogP contribution in [-0.4, -0.2) is 46.6 Å². The number of fused-ring (bicyclic) bond motifs is 1. The maximum atomic E-state index is 13.6. The third kappa shape index (κ3) is 7.20. The molecule has 0 bridgehead atoms. The van der Waals surface area contributed by atoms with Crippen molar-refractivity contribution in [2.75, 3.05) is 5.73 Å². The van der Waals surface area contributed by atoms with Crippen LogP contribution >= 0.6 is 11.8 Å². The summed E-state index contributed by atoms with van der Waals surface area (Å²) < 4.78 is 4.82. The lowest BCUT2D eigenvalue weighted by atomic mass is 10.1. The minimum Gasteiger partial charge on any atom is -0.381 e. The first-order valence-electron chi connectivity index (χ1n) is 13.9. The predicted molar refractivity (Wildman–Crippen MR) is 180 cm³/mol. The second-order valence-electron chi connectivity index (χ2n) is 9.70. The minimum atomic E-state index is -0.646. The highest BCUT2D eigenvalue weighted by Gasteiger charge is 2.18. The van der Waals surface area contributed by atoms with E-state index in [2.05, 4.69) is 33.6 Å². The largest absolute Gasteiger partial charge is 0.381 e. The molecule has 0 fully saturated rings. The van der Waals surface area contributed by atoms with Crippen LogP contribution in [0, 0.1) is 11.8 Å². The highest BCUT2D eigenvalue weighted by Crippen LogP contribution is 2.24. The highest BCUT2D eigenvalue weighted by atomic mass is 32.2. The Bertz CT molecular complexity index is 2010. The molecule has 6 N–H and O–H groups in total. The first-order valence-corrected chi connectivity index (χ1v) is 14.8. The fourth-order valence-corrected chi connectivity index (χ4v) is 5.25. The van der Waals surface area contributed by atoms with E-state index in [1.165, 1.54) is 28.7 Å². The fraction of sp³-hybridized carbons (Fsp3) is 0.188. The third-order valence-corrected chi connectivity index (χ3v) is 7.48. The summed E-state index contributed by atoms with van der Waals surface area (Å²) in [6.07, 6.45) is 5.28. The molecule has 2 aromatic carbocycles. The van der Waals surface area contributed by atoms with Gasteiger partial charge >= 0.3 is 0 Å². The zero-order valence-electron chi connectivity index (χ0n) is 25.4. The van der Waals surface area contributed by atoms with Gasteiger partial charge in [-0.25, -0.2) is 14.7 Å². The van der Waals surface area contributed by atoms with Crippen molar-refractivity contribution < 1.29 is 4.79 Å². The number of hydrogen-bond donors (Lipinski definition) is 3. The molecular formula is C32H34N10O2S. The van der Waals surface area contributed by atoms with Gasteiger partial charge in [-0.2, -0.15) is 10.2 Å². The van der Waals surface area contributed by atoms with Crippen LogP contribution in [0.25, 0.3) is 16.6 Å². The van der Waals surface area contributed by atoms with Crippen molar-refractivity contribution in [1.82, 2.24) is 29.1 Å². The normalized spacial score (nSPS) is 11.5. The first-order chi connectivity index (χ1) is 21.6. The molecule has 45 heavy (non-hydrogen) atoms. The topological polar surface area (TPSA) is 178 Å². The summed E-state index contributed by atoms with van der Waals surface area (Å²) in [6.45, 7) is 7.38. The smallest absolute Gasteiger partial charge is 0.267 e. The van der Waals surface area contributed by atoms with Gasteiger partial charge < -0.3 is 17.2 Å². The molecule has 13 heteroatoms. The van der Waals surface area contributed by atoms with E-state index in [1.54, 1.807) is 22.5 Å². The number of thioether (sulfide) groups is 1. The number of rotatable bonds is 7. The van der Waals surface area contributed by atoms with Crippen LogP contribution in [-0.2, 0) is 20.5 Å². The summed E-state index contributed by atoms with van der Waals surface area (Å²) in [6, 6.07) is 15.2. The number of primary amides is 1. The number of carbonyl (C=O) groups excluding carboxylic acids is 1. The van der Waals surface area contributed by atoms with E-state index in [1.807, 2.05) is 69.4 Å². The molecule has 0 saturated heterocycles. The average Bonchev–Trinajstić information content (AvgIpc) is 3.51. The second-order valence-corrected chi connectivity index (χ2v) is 11.1. The molecule has 3 heterocycles. The SMILES string of the molecule is C=C/C=N\c1c(C(N)=O)c(N)nn1C.CCc1nc2cccc(C#Cc3cnn(C)c3SC(C)N)c2c(=O)n1-c1ccccc1. The van der Waals surface area contributed by atoms with Crippen molar-refractivity contribution in [1.29, 1.82) is 0 Å². The van der Waals surface area contributed by atoms with E-state index < -0.39 is 5.91 Å². The Hall–Kier alpha value is -5.45. The van der Waals surface area contributed by atoms with Crippen molar-refractivity contribution in [3.63, 3.8) is 0 Å². The van der Waals surface area contributed by atoms with Gasteiger partial charge in [0.2, 0.25) is 0 Å². The van der Waals surface area contributed by atoms with E-state index >= 15 is 0 Å². The lowest BCUT2D eigenvalue weighted by Gasteiger charge is -2.13. The Balaban J connectivity index is 0.000000276.